The summed E-state index contributed by atoms with van der Waals surface area (Å²) in [6.07, 6.45) is 7.17. The zero-order chi connectivity index (χ0) is 25.4. The number of alkyl halides is 3. The molecule has 1 aliphatic heterocycles. The highest BCUT2D eigenvalue weighted by Gasteiger charge is 2.31. The van der Waals surface area contributed by atoms with Crippen molar-refractivity contribution in [3.8, 4) is 40.7 Å². The van der Waals surface area contributed by atoms with Gasteiger partial charge in [0.05, 0.1) is 23.5 Å². The highest BCUT2D eigenvalue weighted by molar-refractivity contribution is 5.93. The number of anilines is 1. The number of aromatic nitrogens is 5. The van der Waals surface area contributed by atoms with Crippen LogP contribution in [0.5, 0.6) is 0 Å². The lowest BCUT2D eigenvalue weighted by Crippen LogP contribution is -2.48. The van der Waals surface area contributed by atoms with E-state index >= 15 is 0 Å². The first-order valence-corrected chi connectivity index (χ1v) is 10.8. The Kier molecular flexibility index (Phi) is 5.57. The minimum atomic E-state index is -4.63. The molecule has 1 amide bonds. The van der Waals surface area contributed by atoms with Crippen molar-refractivity contribution in [3.05, 3.63) is 54.7 Å². The molecule has 0 aromatic carbocycles. The van der Waals surface area contributed by atoms with Crippen molar-refractivity contribution in [2.75, 3.05) is 31.1 Å². The van der Waals surface area contributed by atoms with Crippen molar-refractivity contribution in [1.82, 2.24) is 29.3 Å². The summed E-state index contributed by atoms with van der Waals surface area (Å²) in [6.45, 7) is 2.12. The lowest BCUT2D eigenvalue weighted by molar-refractivity contribution is -0.212. The van der Waals surface area contributed by atoms with Gasteiger partial charge in [-0.1, -0.05) is 0 Å². The van der Waals surface area contributed by atoms with Gasteiger partial charge in [0.1, 0.15) is 11.9 Å². The molecule has 0 radical (unpaired) electrons. The van der Waals surface area contributed by atoms with Gasteiger partial charge in [-0.3, -0.25) is 4.79 Å². The second-order valence-corrected chi connectivity index (χ2v) is 8.08. The maximum atomic E-state index is 13.0. The number of nitrogens with zero attached hydrogens (tertiary/aromatic N) is 8. The molecule has 0 unspecified atom stereocenters. The average molecular weight is 490 g/mol. The summed E-state index contributed by atoms with van der Waals surface area (Å²) < 4.78 is 40.5. The number of hydrogen-bond donors (Lipinski definition) is 0. The fraction of sp³-hybridized carbons (Fsp3) is 0.208. The number of carbonyl (C=O) groups is 1. The van der Waals surface area contributed by atoms with Gasteiger partial charge in [0, 0.05) is 67.0 Å². The van der Waals surface area contributed by atoms with Gasteiger partial charge in [0.15, 0.2) is 0 Å². The first-order chi connectivity index (χ1) is 17.3. The summed E-state index contributed by atoms with van der Waals surface area (Å²) in [5, 5.41) is 17.2. The van der Waals surface area contributed by atoms with Gasteiger partial charge in [0.2, 0.25) is 0 Å². The van der Waals surface area contributed by atoms with Gasteiger partial charge < -0.3 is 9.80 Å². The van der Waals surface area contributed by atoms with Crippen LogP contribution >= 0.6 is 0 Å². The van der Waals surface area contributed by atoms with Gasteiger partial charge in [-0.25, -0.2) is 9.50 Å². The minimum absolute atomic E-state index is 0.0662. The minimum Gasteiger partial charge on any atom is -0.353 e. The van der Waals surface area contributed by atoms with Crippen molar-refractivity contribution >= 4 is 17.2 Å². The van der Waals surface area contributed by atoms with Crippen LogP contribution in [0.2, 0.25) is 0 Å². The number of halogens is 3. The molecule has 4 aromatic heterocycles. The molecular weight excluding hydrogens is 473 g/mol. The first-order valence-electron chi connectivity index (χ1n) is 10.8. The second kappa shape index (κ2) is 8.74. The van der Waals surface area contributed by atoms with Crippen LogP contribution in [-0.4, -0.2) is 61.4 Å². The van der Waals surface area contributed by atoms with Crippen LogP contribution in [0.4, 0.5) is 19.0 Å². The predicted molar refractivity (Wildman–Crippen MR) is 123 cm³/mol. The summed E-state index contributed by atoms with van der Waals surface area (Å²) >= 11 is 0. The molecule has 36 heavy (non-hydrogen) atoms. The third-order valence-electron chi connectivity index (χ3n) is 5.98. The van der Waals surface area contributed by atoms with E-state index in [2.05, 4.69) is 27.2 Å². The van der Waals surface area contributed by atoms with E-state index in [1.165, 1.54) is 10.7 Å². The number of carbonyl (C=O) groups excluding carboxylic acids is 1. The molecule has 0 atom stereocenters. The number of terminal acetylenes is 1. The molecule has 0 aliphatic carbocycles. The van der Waals surface area contributed by atoms with Crippen LogP contribution in [-0.2, 0) is 11.1 Å². The average Bonchev–Trinajstić information content (AvgIpc) is 3.55. The fourth-order valence-electron chi connectivity index (χ4n) is 4.15. The first kappa shape index (κ1) is 22.9. The zero-order valence-corrected chi connectivity index (χ0v) is 18.6. The zero-order valence-electron chi connectivity index (χ0n) is 18.6. The molecule has 0 N–H and O–H groups in total. The molecule has 0 spiro atoms. The summed E-state index contributed by atoms with van der Waals surface area (Å²) in [4.78, 5) is 19.9. The van der Waals surface area contributed by atoms with Crippen LogP contribution in [0.1, 0.15) is 5.56 Å². The van der Waals surface area contributed by atoms with E-state index in [1.807, 2.05) is 17.0 Å². The molecule has 5 rings (SSSR count). The Morgan fingerprint density at radius 1 is 1.00 bits per heavy atom. The highest BCUT2D eigenvalue weighted by Crippen LogP contribution is 2.33. The second-order valence-electron chi connectivity index (χ2n) is 8.08. The van der Waals surface area contributed by atoms with E-state index in [0.717, 1.165) is 12.4 Å². The quantitative estimate of drug-likeness (QED) is 0.410. The molecular formula is C24H17F3N8O. The number of hydrogen-bond acceptors (Lipinski definition) is 6. The molecule has 5 heterocycles. The molecule has 180 valence electrons. The smallest absolute Gasteiger partial charge is 0.353 e. The standard InChI is InChI=1S/C24H17F3N8O/c1-2-22(36)33-7-5-32(6-8-33)21-4-3-16(11-29-21)20-9-17(14-34-23(20)18(10-28)12-30-34)19-13-31-35(15-19)24(25,26)27/h1,3-4,9,11-15H,5-8H2. The van der Waals surface area contributed by atoms with Crippen molar-refractivity contribution in [2.45, 2.75) is 6.30 Å². The highest BCUT2D eigenvalue weighted by atomic mass is 19.4. The molecule has 9 nitrogen and oxygen atoms in total. The number of piperazine rings is 1. The lowest BCUT2D eigenvalue weighted by atomic mass is 10.0. The molecule has 0 saturated carbocycles. The Balaban J connectivity index is 1.49. The SMILES string of the molecule is C#CC(=O)N1CCN(c2ccc(-c3cc(-c4cnn(C(F)(F)F)c4)cn4ncc(C#N)c34)cn2)CC1. The lowest BCUT2D eigenvalue weighted by Gasteiger charge is -2.34. The van der Waals surface area contributed by atoms with Crippen LogP contribution in [0.15, 0.2) is 49.2 Å². The fourth-order valence-corrected chi connectivity index (χ4v) is 4.15. The Hall–Kier alpha value is -4.84. The van der Waals surface area contributed by atoms with Crippen LogP contribution in [0.3, 0.4) is 0 Å². The summed E-state index contributed by atoms with van der Waals surface area (Å²) in [5.74, 6) is 2.49. The number of nitriles is 1. The van der Waals surface area contributed by atoms with Gasteiger partial charge in [-0.05, 0) is 24.1 Å². The molecule has 0 bridgehead atoms. The Morgan fingerprint density at radius 2 is 1.78 bits per heavy atom. The topological polar surface area (TPSA) is 95.4 Å². The van der Waals surface area contributed by atoms with E-state index in [0.29, 0.717) is 59.8 Å². The maximum Gasteiger partial charge on any atom is 0.504 e. The van der Waals surface area contributed by atoms with Crippen molar-refractivity contribution in [1.29, 1.82) is 5.26 Å². The largest absolute Gasteiger partial charge is 0.504 e. The maximum absolute atomic E-state index is 13.0. The van der Waals surface area contributed by atoms with Crippen LogP contribution in [0.25, 0.3) is 27.8 Å². The van der Waals surface area contributed by atoms with E-state index in [4.69, 9.17) is 6.42 Å². The number of amides is 1. The monoisotopic (exact) mass is 490 g/mol. The summed E-state index contributed by atoms with van der Waals surface area (Å²) in [6, 6.07) is 7.44. The van der Waals surface area contributed by atoms with E-state index < -0.39 is 6.30 Å². The van der Waals surface area contributed by atoms with E-state index in [9.17, 15) is 23.2 Å². The van der Waals surface area contributed by atoms with E-state index in [-0.39, 0.29) is 16.2 Å². The third-order valence-corrected chi connectivity index (χ3v) is 5.98. The van der Waals surface area contributed by atoms with Crippen LogP contribution < -0.4 is 4.90 Å². The van der Waals surface area contributed by atoms with Crippen molar-refractivity contribution < 1.29 is 18.0 Å². The van der Waals surface area contributed by atoms with Gasteiger partial charge in [-0.2, -0.15) is 20.1 Å². The normalized spacial score (nSPS) is 14.0. The Bertz CT molecular complexity index is 1530. The number of rotatable bonds is 3. The van der Waals surface area contributed by atoms with Gasteiger partial charge >= 0.3 is 6.30 Å². The number of pyridine rings is 2. The molecule has 12 heteroatoms. The third kappa shape index (κ3) is 4.09. The van der Waals surface area contributed by atoms with Crippen LogP contribution in [0, 0.1) is 23.7 Å². The summed E-state index contributed by atoms with van der Waals surface area (Å²) in [5.41, 5.74) is 2.77. The molecule has 1 fully saturated rings. The Labute approximate surface area is 203 Å². The molecule has 1 aliphatic rings. The number of fused-ring (bicyclic) bond motifs is 1. The predicted octanol–water partition coefficient (Wildman–Crippen LogP) is 2.89. The molecule has 4 aromatic rings. The van der Waals surface area contributed by atoms with Gasteiger partial charge in [-0.15, -0.1) is 19.6 Å². The van der Waals surface area contributed by atoms with Crippen molar-refractivity contribution in [2.24, 2.45) is 0 Å². The van der Waals surface area contributed by atoms with E-state index in [1.54, 1.807) is 23.4 Å². The molecule has 1 saturated heterocycles. The van der Waals surface area contributed by atoms with Crippen molar-refractivity contribution in [3.63, 3.8) is 0 Å². The Morgan fingerprint density at radius 3 is 2.39 bits per heavy atom. The van der Waals surface area contributed by atoms with Gasteiger partial charge in [0.25, 0.3) is 5.91 Å². The summed E-state index contributed by atoms with van der Waals surface area (Å²) in [7, 11) is 0.